The molecular formula is C21H33N3O3. The Hall–Kier alpha value is -1.92. The van der Waals surface area contributed by atoms with Crippen LogP contribution in [0, 0.1) is 5.92 Å². The van der Waals surface area contributed by atoms with Gasteiger partial charge in [0.05, 0.1) is 0 Å². The summed E-state index contributed by atoms with van der Waals surface area (Å²) in [5, 5.41) is 3.01. The molecule has 1 N–H and O–H groups in total. The van der Waals surface area contributed by atoms with Crippen LogP contribution in [-0.2, 0) is 4.79 Å². The molecule has 1 unspecified atom stereocenters. The molecule has 1 heterocycles. The molecule has 1 aromatic rings. The van der Waals surface area contributed by atoms with E-state index in [1.54, 1.807) is 24.3 Å². The molecule has 6 heteroatoms. The maximum atomic E-state index is 12.2. The van der Waals surface area contributed by atoms with E-state index in [0.29, 0.717) is 36.2 Å². The van der Waals surface area contributed by atoms with Crippen molar-refractivity contribution in [3.63, 3.8) is 0 Å². The SMILES string of the molecule is CCC(=O)c1ccc(OCC(=O)NCC(C(C)C)N2CCN(C)CC2)cc1. The third-order valence-electron chi connectivity index (χ3n) is 5.15. The number of likely N-dealkylation sites (N-methyl/N-ethyl adjacent to an activating group) is 1. The smallest absolute Gasteiger partial charge is 0.257 e. The summed E-state index contributed by atoms with van der Waals surface area (Å²) >= 11 is 0. The molecule has 1 aromatic carbocycles. The summed E-state index contributed by atoms with van der Waals surface area (Å²) in [5.74, 6) is 1.04. The largest absolute Gasteiger partial charge is 0.484 e. The molecule has 0 aromatic heterocycles. The van der Waals surface area contributed by atoms with Crippen molar-refractivity contribution in [2.75, 3.05) is 46.4 Å². The van der Waals surface area contributed by atoms with Crippen LogP contribution in [0.5, 0.6) is 5.75 Å². The van der Waals surface area contributed by atoms with Crippen molar-refractivity contribution in [3.05, 3.63) is 29.8 Å². The minimum absolute atomic E-state index is 0.0192. The van der Waals surface area contributed by atoms with Gasteiger partial charge < -0.3 is 15.0 Å². The van der Waals surface area contributed by atoms with Crippen LogP contribution < -0.4 is 10.1 Å². The minimum Gasteiger partial charge on any atom is -0.484 e. The Morgan fingerprint density at radius 3 is 2.30 bits per heavy atom. The van der Waals surface area contributed by atoms with Crippen molar-refractivity contribution in [2.24, 2.45) is 5.92 Å². The van der Waals surface area contributed by atoms with E-state index in [9.17, 15) is 9.59 Å². The van der Waals surface area contributed by atoms with E-state index < -0.39 is 0 Å². The summed E-state index contributed by atoms with van der Waals surface area (Å²) < 4.78 is 5.54. The molecule has 2 rings (SSSR count). The molecule has 1 aliphatic heterocycles. The average molecular weight is 376 g/mol. The maximum Gasteiger partial charge on any atom is 0.257 e. The van der Waals surface area contributed by atoms with Crippen LogP contribution in [0.3, 0.4) is 0 Å². The molecule has 0 aliphatic carbocycles. The van der Waals surface area contributed by atoms with Gasteiger partial charge in [-0.1, -0.05) is 20.8 Å². The number of hydrogen-bond donors (Lipinski definition) is 1. The fourth-order valence-corrected chi connectivity index (χ4v) is 3.30. The molecule has 6 nitrogen and oxygen atoms in total. The zero-order chi connectivity index (χ0) is 19.8. The number of carbonyl (C=O) groups excluding carboxylic acids is 2. The third kappa shape index (κ3) is 6.63. The molecule has 0 bridgehead atoms. The number of carbonyl (C=O) groups is 2. The Labute approximate surface area is 162 Å². The summed E-state index contributed by atoms with van der Waals surface area (Å²) in [6.45, 7) is 11.1. The molecule has 1 amide bonds. The zero-order valence-corrected chi connectivity index (χ0v) is 17.0. The molecule has 0 saturated carbocycles. The van der Waals surface area contributed by atoms with E-state index in [2.05, 4.69) is 36.0 Å². The first-order valence-corrected chi connectivity index (χ1v) is 9.86. The lowest BCUT2D eigenvalue weighted by Gasteiger charge is -2.39. The fraction of sp³-hybridized carbons (Fsp3) is 0.619. The highest BCUT2D eigenvalue weighted by Crippen LogP contribution is 2.14. The van der Waals surface area contributed by atoms with Gasteiger partial charge in [-0.2, -0.15) is 0 Å². The number of hydrogen-bond acceptors (Lipinski definition) is 5. The van der Waals surface area contributed by atoms with Crippen LogP contribution in [0.4, 0.5) is 0 Å². The first kappa shape index (κ1) is 21.4. The van der Waals surface area contributed by atoms with Crippen LogP contribution in [-0.4, -0.2) is 73.9 Å². The van der Waals surface area contributed by atoms with E-state index in [-0.39, 0.29) is 18.3 Å². The Bertz CT molecular complexity index is 608. The van der Waals surface area contributed by atoms with E-state index in [0.717, 1.165) is 26.2 Å². The van der Waals surface area contributed by atoms with Gasteiger partial charge in [0, 0.05) is 50.7 Å². The predicted octanol–water partition coefficient (Wildman–Crippen LogP) is 2.05. The number of rotatable bonds is 9. The molecule has 1 aliphatic rings. The number of amides is 1. The van der Waals surface area contributed by atoms with Crippen molar-refractivity contribution in [1.82, 2.24) is 15.1 Å². The van der Waals surface area contributed by atoms with E-state index in [1.807, 2.05) is 6.92 Å². The van der Waals surface area contributed by atoms with Gasteiger partial charge in [0.2, 0.25) is 0 Å². The fourth-order valence-electron chi connectivity index (χ4n) is 3.30. The van der Waals surface area contributed by atoms with Crippen LogP contribution in [0.25, 0.3) is 0 Å². The first-order chi connectivity index (χ1) is 12.9. The Kier molecular flexibility index (Phi) is 8.25. The van der Waals surface area contributed by atoms with Crippen molar-refractivity contribution in [3.8, 4) is 5.75 Å². The molecule has 1 fully saturated rings. The minimum atomic E-state index is -0.122. The molecule has 1 atom stereocenters. The second kappa shape index (κ2) is 10.4. The number of benzene rings is 1. The molecule has 1 saturated heterocycles. The van der Waals surface area contributed by atoms with Gasteiger partial charge in [-0.25, -0.2) is 0 Å². The van der Waals surface area contributed by atoms with Crippen molar-refractivity contribution in [2.45, 2.75) is 33.2 Å². The Balaban J connectivity index is 1.78. The normalized spacial score (nSPS) is 16.9. The lowest BCUT2D eigenvalue weighted by atomic mass is 10.0. The number of ketones is 1. The number of nitrogens with zero attached hydrogens (tertiary/aromatic N) is 2. The summed E-state index contributed by atoms with van der Waals surface area (Å²) in [5.41, 5.74) is 0.668. The average Bonchev–Trinajstić information content (AvgIpc) is 2.67. The van der Waals surface area contributed by atoms with Crippen LogP contribution in [0.1, 0.15) is 37.6 Å². The van der Waals surface area contributed by atoms with Gasteiger partial charge in [-0.15, -0.1) is 0 Å². The van der Waals surface area contributed by atoms with Gasteiger partial charge in [-0.3, -0.25) is 14.5 Å². The summed E-state index contributed by atoms with van der Waals surface area (Å²) in [6, 6.07) is 7.28. The number of ether oxygens (including phenoxy) is 1. The second-order valence-electron chi connectivity index (χ2n) is 7.54. The topological polar surface area (TPSA) is 61.9 Å². The van der Waals surface area contributed by atoms with Crippen molar-refractivity contribution < 1.29 is 14.3 Å². The van der Waals surface area contributed by atoms with Crippen LogP contribution in [0.2, 0.25) is 0 Å². The quantitative estimate of drug-likeness (QED) is 0.670. The van der Waals surface area contributed by atoms with Gasteiger partial charge in [0.1, 0.15) is 5.75 Å². The van der Waals surface area contributed by atoms with E-state index in [1.165, 1.54) is 0 Å². The molecule has 150 valence electrons. The lowest BCUT2D eigenvalue weighted by Crippen LogP contribution is -2.54. The van der Waals surface area contributed by atoms with Gasteiger partial charge in [-0.05, 0) is 37.2 Å². The van der Waals surface area contributed by atoms with Crippen LogP contribution >= 0.6 is 0 Å². The maximum absolute atomic E-state index is 12.2. The number of nitrogens with one attached hydrogen (secondary N) is 1. The van der Waals surface area contributed by atoms with Crippen molar-refractivity contribution >= 4 is 11.7 Å². The van der Waals surface area contributed by atoms with Crippen LogP contribution in [0.15, 0.2) is 24.3 Å². The molecule has 27 heavy (non-hydrogen) atoms. The Morgan fingerprint density at radius 1 is 1.11 bits per heavy atom. The lowest BCUT2D eigenvalue weighted by molar-refractivity contribution is -0.123. The first-order valence-electron chi connectivity index (χ1n) is 9.86. The summed E-state index contributed by atoms with van der Waals surface area (Å²) in [4.78, 5) is 28.6. The molecule has 0 radical (unpaired) electrons. The van der Waals surface area contributed by atoms with E-state index >= 15 is 0 Å². The number of piperazine rings is 1. The van der Waals surface area contributed by atoms with Gasteiger partial charge in [0.25, 0.3) is 5.91 Å². The third-order valence-corrected chi connectivity index (χ3v) is 5.15. The highest BCUT2D eigenvalue weighted by Gasteiger charge is 2.25. The predicted molar refractivity (Wildman–Crippen MR) is 107 cm³/mol. The second-order valence-corrected chi connectivity index (χ2v) is 7.54. The van der Waals surface area contributed by atoms with Gasteiger partial charge >= 0.3 is 0 Å². The van der Waals surface area contributed by atoms with Crippen molar-refractivity contribution in [1.29, 1.82) is 0 Å². The number of Topliss-reactive ketones (excluding diaryl/α,β-unsaturated/α-hetero) is 1. The molecule has 0 spiro atoms. The Morgan fingerprint density at radius 2 is 1.74 bits per heavy atom. The monoisotopic (exact) mass is 375 g/mol. The highest BCUT2D eigenvalue weighted by atomic mass is 16.5. The zero-order valence-electron chi connectivity index (χ0n) is 17.0. The summed E-state index contributed by atoms with van der Waals surface area (Å²) in [7, 11) is 2.14. The highest BCUT2D eigenvalue weighted by molar-refractivity contribution is 5.95. The summed E-state index contributed by atoms with van der Waals surface area (Å²) in [6.07, 6.45) is 0.479. The van der Waals surface area contributed by atoms with E-state index in [4.69, 9.17) is 4.74 Å². The molecular weight excluding hydrogens is 342 g/mol. The van der Waals surface area contributed by atoms with Gasteiger partial charge in [0.15, 0.2) is 12.4 Å². The standard InChI is InChI=1S/C21H33N3O3/c1-5-20(25)17-6-8-18(9-7-17)27-15-21(26)22-14-19(16(2)3)24-12-10-23(4)11-13-24/h6-9,16,19H,5,10-15H2,1-4H3,(H,22,26).